The zero-order valence-electron chi connectivity index (χ0n) is 8.43. The number of ether oxygens (including phenoxy) is 1. The third kappa shape index (κ3) is 7.18. The van der Waals surface area contributed by atoms with E-state index in [2.05, 4.69) is 5.32 Å². The maximum absolute atomic E-state index is 11.1. The minimum absolute atomic E-state index is 0.160. The van der Waals surface area contributed by atoms with E-state index >= 15 is 0 Å². The first-order chi connectivity index (χ1) is 7.11. The summed E-state index contributed by atoms with van der Waals surface area (Å²) in [5, 5.41) is 19.4. The second-order valence-corrected chi connectivity index (χ2v) is 3.79. The summed E-state index contributed by atoms with van der Waals surface area (Å²) in [6, 6.07) is -1.22. The average Bonchev–Trinajstić information content (AvgIpc) is 2.20. The van der Waals surface area contributed by atoms with Crippen LogP contribution in [0.25, 0.3) is 0 Å². The van der Waals surface area contributed by atoms with Gasteiger partial charge in [-0.2, -0.15) is 0 Å². The van der Waals surface area contributed by atoms with Crippen LogP contribution in [0.4, 0.5) is 0 Å². The molecule has 0 bridgehead atoms. The number of rotatable bonds is 8. The Kier molecular flexibility index (Phi) is 8.06. The first-order valence-corrected chi connectivity index (χ1v) is 5.47. The number of aliphatic carboxylic acids is 1. The summed E-state index contributed by atoms with van der Waals surface area (Å²) in [5.41, 5.74) is 0. The molecule has 0 aliphatic carbocycles. The van der Waals surface area contributed by atoms with Gasteiger partial charge in [-0.15, -0.1) is 11.8 Å². The number of aliphatic hydroxyl groups excluding tert-OH is 1. The number of carbonyl (C=O) groups excluding carboxylic acids is 1. The van der Waals surface area contributed by atoms with Gasteiger partial charge >= 0.3 is 5.97 Å². The highest BCUT2D eigenvalue weighted by Crippen LogP contribution is 1.98. The zero-order valence-corrected chi connectivity index (χ0v) is 9.25. The Morgan fingerprint density at radius 1 is 1.53 bits per heavy atom. The fourth-order valence-corrected chi connectivity index (χ4v) is 1.43. The van der Waals surface area contributed by atoms with Crippen LogP contribution in [0.2, 0.25) is 0 Å². The quantitative estimate of drug-likeness (QED) is 0.465. The van der Waals surface area contributed by atoms with E-state index in [1.54, 1.807) is 7.11 Å². The van der Waals surface area contributed by atoms with Crippen molar-refractivity contribution >= 4 is 23.6 Å². The van der Waals surface area contributed by atoms with Gasteiger partial charge in [-0.25, -0.2) is 4.79 Å². The molecule has 6 nitrogen and oxygen atoms in total. The third-order valence-electron chi connectivity index (χ3n) is 1.48. The van der Waals surface area contributed by atoms with E-state index in [-0.39, 0.29) is 5.75 Å². The Hall–Kier alpha value is -0.790. The van der Waals surface area contributed by atoms with Gasteiger partial charge in [0.15, 0.2) is 0 Å². The van der Waals surface area contributed by atoms with Crippen LogP contribution in [0.15, 0.2) is 0 Å². The predicted molar refractivity (Wildman–Crippen MR) is 55.9 cm³/mol. The lowest BCUT2D eigenvalue weighted by Crippen LogP contribution is -2.44. The average molecular weight is 237 g/mol. The standard InChI is InChI=1S/C8H15NO5S/c1-14-2-3-15-5-7(11)9-6(4-10)8(12)13/h6,10H,2-5H2,1H3,(H,9,11)(H,12,13)/t6-/m0/s1. The highest BCUT2D eigenvalue weighted by atomic mass is 32.2. The molecule has 0 unspecified atom stereocenters. The van der Waals surface area contributed by atoms with E-state index in [9.17, 15) is 9.59 Å². The normalized spacial score (nSPS) is 12.1. The third-order valence-corrected chi connectivity index (χ3v) is 2.40. The predicted octanol–water partition coefficient (Wildman–Crippen LogP) is -1.07. The number of nitrogens with one attached hydrogen (secondary N) is 1. The van der Waals surface area contributed by atoms with Crippen LogP contribution in [0.3, 0.4) is 0 Å². The van der Waals surface area contributed by atoms with E-state index in [0.29, 0.717) is 12.4 Å². The molecule has 0 spiro atoms. The van der Waals surface area contributed by atoms with Crippen molar-refractivity contribution in [3.05, 3.63) is 0 Å². The summed E-state index contributed by atoms with van der Waals surface area (Å²) in [4.78, 5) is 21.6. The summed E-state index contributed by atoms with van der Waals surface area (Å²) in [6.07, 6.45) is 0. The van der Waals surface area contributed by atoms with Gasteiger partial charge in [-0.05, 0) is 0 Å². The van der Waals surface area contributed by atoms with Crippen LogP contribution in [0.1, 0.15) is 0 Å². The summed E-state index contributed by atoms with van der Waals surface area (Å²) in [5.74, 6) is -0.821. The molecule has 0 saturated carbocycles. The van der Waals surface area contributed by atoms with Gasteiger partial charge in [0.2, 0.25) is 5.91 Å². The van der Waals surface area contributed by atoms with Crippen molar-refractivity contribution in [2.75, 3.05) is 31.8 Å². The number of aliphatic hydroxyl groups is 1. The van der Waals surface area contributed by atoms with Crippen molar-refractivity contribution in [1.82, 2.24) is 5.32 Å². The van der Waals surface area contributed by atoms with Gasteiger partial charge in [0, 0.05) is 12.9 Å². The Labute approximate surface area is 92.0 Å². The molecule has 3 N–H and O–H groups in total. The maximum atomic E-state index is 11.1. The second kappa shape index (κ2) is 8.51. The first-order valence-electron chi connectivity index (χ1n) is 4.31. The highest BCUT2D eigenvalue weighted by Gasteiger charge is 2.18. The fourth-order valence-electron chi connectivity index (χ4n) is 0.729. The lowest BCUT2D eigenvalue weighted by atomic mass is 10.3. The van der Waals surface area contributed by atoms with E-state index < -0.39 is 24.5 Å². The van der Waals surface area contributed by atoms with Gasteiger partial charge in [-0.1, -0.05) is 0 Å². The molecule has 0 aromatic heterocycles. The van der Waals surface area contributed by atoms with Gasteiger partial charge in [0.05, 0.1) is 19.0 Å². The second-order valence-electron chi connectivity index (χ2n) is 2.69. The molecule has 0 saturated heterocycles. The van der Waals surface area contributed by atoms with Crippen molar-refractivity contribution in [1.29, 1.82) is 0 Å². The number of hydrogen-bond acceptors (Lipinski definition) is 5. The van der Waals surface area contributed by atoms with Crippen LogP contribution in [-0.4, -0.2) is 60.0 Å². The lowest BCUT2D eigenvalue weighted by Gasteiger charge is -2.10. The largest absolute Gasteiger partial charge is 0.480 e. The SMILES string of the molecule is COCCSCC(=O)N[C@@H](CO)C(=O)O. The number of amides is 1. The monoisotopic (exact) mass is 237 g/mol. The molecule has 0 fully saturated rings. The molecule has 0 aliphatic heterocycles. The van der Waals surface area contributed by atoms with E-state index in [1.165, 1.54) is 11.8 Å². The fraction of sp³-hybridized carbons (Fsp3) is 0.750. The Morgan fingerprint density at radius 2 is 2.20 bits per heavy atom. The number of carbonyl (C=O) groups is 2. The first kappa shape index (κ1) is 14.2. The topological polar surface area (TPSA) is 95.9 Å². The van der Waals surface area contributed by atoms with Crippen molar-refractivity contribution < 1.29 is 24.5 Å². The summed E-state index contributed by atoms with van der Waals surface area (Å²) < 4.78 is 4.78. The molecular weight excluding hydrogens is 222 g/mol. The smallest absolute Gasteiger partial charge is 0.328 e. The molecule has 0 heterocycles. The minimum Gasteiger partial charge on any atom is -0.480 e. The highest BCUT2D eigenvalue weighted by molar-refractivity contribution is 7.99. The van der Waals surface area contributed by atoms with Gasteiger partial charge in [0.25, 0.3) is 0 Å². The van der Waals surface area contributed by atoms with Crippen molar-refractivity contribution in [3.8, 4) is 0 Å². The summed E-state index contributed by atoms with van der Waals surface area (Å²) in [7, 11) is 1.56. The van der Waals surface area contributed by atoms with E-state index in [4.69, 9.17) is 14.9 Å². The van der Waals surface area contributed by atoms with Crippen molar-refractivity contribution in [3.63, 3.8) is 0 Å². The number of carboxylic acid groups (broad SMARTS) is 1. The number of hydrogen-bond donors (Lipinski definition) is 3. The van der Waals surface area contributed by atoms with Gasteiger partial charge in [0.1, 0.15) is 6.04 Å². The molecule has 88 valence electrons. The zero-order chi connectivity index (χ0) is 11.7. The van der Waals surface area contributed by atoms with Crippen LogP contribution in [0, 0.1) is 0 Å². The number of thioether (sulfide) groups is 1. The Bertz CT molecular complexity index is 211. The molecule has 15 heavy (non-hydrogen) atoms. The number of methoxy groups -OCH3 is 1. The maximum Gasteiger partial charge on any atom is 0.328 e. The van der Waals surface area contributed by atoms with Crippen molar-refractivity contribution in [2.24, 2.45) is 0 Å². The molecule has 7 heteroatoms. The van der Waals surface area contributed by atoms with Gasteiger partial charge in [-0.3, -0.25) is 4.79 Å². The van der Waals surface area contributed by atoms with E-state index in [1.807, 2.05) is 0 Å². The van der Waals surface area contributed by atoms with Crippen LogP contribution in [0.5, 0.6) is 0 Å². The lowest BCUT2D eigenvalue weighted by molar-refractivity contribution is -0.142. The molecule has 0 rings (SSSR count). The molecule has 0 aliphatic rings. The molecular formula is C8H15NO5S. The van der Waals surface area contributed by atoms with Crippen LogP contribution >= 0.6 is 11.8 Å². The van der Waals surface area contributed by atoms with Gasteiger partial charge < -0.3 is 20.3 Å². The molecule has 0 aromatic rings. The Balaban J connectivity index is 3.67. The van der Waals surface area contributed by atoms with Crippen LogP contribution < -0.4 is 5.32 Å². The van der Waals surface area contributed by atoms with Crippen molar-refractivity contribution in [2.45, 2.75) is 6.04 Å². The minimum atomic E-state index is -1.24. The summed E-state index contributed by atoms with van der Waals surface area (Å²) in [6.45, 7) is -0.0654. The molecule has 1 atom stereocenters. The Morgan fingerprint density at radius 3 is 2.67 bits per heavy atom. The summed E-state index contributed by atoms with van der Waals surface area (Å²) >= 11 is 1.34. The number of carboxylic acids is 1. The van der Waals surface area contributed by atoms with E-state index in [0.717, 1.165) is 0 Å². The molecule has 0 aromatic carbocycles. The molecule has 1 amide bonds. The van der Waals surface area contributed by atoms with Crippen LogP contribution in [-0.2, 0) is 14.3 Å². The molecule has 0 radical (unpaired) electrons.